The summed E-state index contributed by atoms with van der Waals surface area (Å²) in [6, 6.07) is 9.38. The normalized spacial score (nSPS) is 10.5. The van der Waals surface area contributed by atoms with Gasteiger partial charge in [0, 0.05) is 32.5 Å². The first kappa shape index (κ1) is 31.6. The van der Waals surface area contributed by atoms with E-state index >= 15 is 0 Å². The average molecular weight is 512 g/mol. The van der Waals surface area contributed by atoms with Gasteiger partial charge in [0.25, 0.3) is 5.97 Å². The number of phenols is 2. The Morgan fingerprint density at radius 3 is 1.61 bits per heavy atom. The van der Waals surface area contributed by atoms with Crippen LogP contribution in [0.3, 0.4) is 0 Å². The molecule has 6 N–H and O–H groups in total. The molecule has 0 amide bonds. The fourth-order valence-electron chi connectivity index (χ4n) is 2.20. The molecule has 9 nitrogen and oxygen atoms in total. The third kappa shape index (κ3) is 12.1. The van der Waals surface area contributed by atoms with E-state index in [1.807, 2.05) is 0 Å². The molecule has 0 saturated carbocycles. The van der Waals surface area contributed by atoms with Crippen molar-refractivity contribution in [2.24, 2.45) is 0 Å². The number of rotatable bonds is 7. The van der Waals surface area contributed by atoms with Crippen LogP contribution in [-0.4, -0.2) is 51.9 Å². The largest absolute Gasteiger partial charge is 0.508 e. The van der Waals surface area contributed by atoms with Gasteiger partial charge < -0.3 is 35.4 Å². The van der Waals surface area contributed by atoms with Crippen molar-refractivity contribution >= 4 is 23.9 Å². The Hall–Kier alpha value is -3.62. The van der Waals surface area contributed by atoms with Gasteiger partial charge in [0.1, 0.15) is 5.76 Å². The van der Waals surface area contributed by atoms with Crippen LogP contribution in [0.25, 0.3) is 12.2 Å². The van der Waals surface area contributed by atoms with Crippen LogP contribution in [0.1, 0.15) is 18.1 Å². The molecule has 0 unspecified atom stereocenters. The van der Waals surface area contributed by atoms with Crippen molar-refractivity contribution in [1.29, 1.82) is 0 Å². The fourth-order valence-corrected chi connectivity index (χ4v) is 2.20. The van der Waals surface area contributed by atoms with Crippen molar-refractivity contribution in [3.05, 3.63) is 71.5 Å². The standard InChI is InChI=1S/C21H20O6.C2H4O2.H2O.Zn/c1-26-20-11-14(5-9-18(20)24)3-7-16(22)13-17(23)8-4-15-6-10-19(25)21(12-15)27-2;1-2(3)4;;/h3-13,22,24-25H,1-2H3;1H3,(H,3,4);1H2;/b7-3+,8-4+,16-13-;;;. The molecule has 0 spiro atoms. The SMILES string of the molecule is CC(=O)O.COc1cc(/C=C/C(=O)/C=C(O)/C=C/c2ccc(O)c(OC)c2)ccc1O.O.[Zn]. The van der Waals surface area contributed by atoms with Gasteiger partial charge in [-0.25, -0.2) is 0 Å². The van der Waals surface area contributed by atoms with Gasteiger partial charge in [0.15, 0.2) is 28.8 Å². The number of ketones is 1. The van der Waals surface area contributed by atoms with E-state index in [9.17, 15) is 20.1 Å². The second kappa shape index (κ2) is 16.1. The summed E-state index contributed by atoms with van der Waals surface area (Å²) >= 11 is 0. The third-order valence-electron chi connectivity index (χ3n) is 3.58. The van der Waals surface area contributed by atoms with Crippen LogP contribution in [0.4, 0.5) is 0 Å². The number of carbonyl (C=O) groups is 2. The molecule has 2 rings (SSSR count). The number of hydrogen-bond donors (Lipinski definition) is 4. The van der Waals surface area contributed by atoms with E-state index in [1.54, 1.807) is 36.4 Å². The number of aromatic hydroxyl groups is 2. The summed E-state index contributed by atoms with van der Waals surface area (Å²) in [4.78, 5) is 20.9. The molecule has 174 valence electrons. The summed E-state index contributed by atoms with van der Waals surface area (Å²) in [5, 5.41) is 36.4. The zero-order valence-corrected chi connectivity index (χ0v) is 21.4. The number of hydrogen-bond acceptors (Lipinski definition) is 7. The average Bonchev–Trinajstić information content (AvgIpc) is 2.72. The van der Waals surface area contributed by atoms with Gasteiger partial charge in [-0.3, -0.25) is 9.59 Å². The zero-order chi connectivity index (χ0) is 23.4. The van der Waals surface area contributed by atoms with Crippen molar-refractivity contribution in [1.82, 2.24) is 0 Å². The molecule has 0 bridgehead atoms. The van der Waals surface area contributed by atoms with E-state index in [1.165, 1.54) is 38.5 Å². The van der Waals surface area contributed by atoms with Crippen molar-refractivity contribution < 1.29 is 64.4 Å². The number of aliphatic hydroxyl groups is 1. The van der Waals surface area contributed by atoms with E-state index in [0.717, 1.165) is 13.0 Å². The Labute approximate surface area is 204 Å². The topological polar surface area (TPSA) is 165 Å². The quantitative estimate of drug-likeness (QED) is 0.190. The number of aliphatic carboxylic acids is 1. The van der Waals surface area contributed by atoms with Crippen molar-refractivity contribution in [2.45, 2.75) is 6.92 Å². The number of allylic oxidation sites excluding steroid dienone is 3. The number of carboxylic acid groups (broad SMARTS) is 1. The smallest absolute Gasteiger partial charge is 0.300 e. The fraction of sp³-hybridized carbons (Fsp3) is 0.130. The maximum absolute atomic E-state index is 11.9. The van der Waals surface area contributed by atoms with E-state index in [-0.39, 0.29) is 42.2 Å². The van der Waals surface area contributed by atoms with Crippen LogP contribution in [0, 0.1) is 0 Å². The van der Waals surface area contributed by atoms with Crippen LogP contribution in [-0.2, 0) is 29.1 Å². The number of carbonyl (C=O) groups excluding carboxylic acids is 1. The van der Waals surface area contributed by atoms with E-state index in [2.05, 4.69) is 0 Å². The summed E-state index contributed by atoms with van der Waals surface area (Å²) in [6.45, 7) is 1.08. The van der Waals surface area contributed by atoms with Gasteiger partial charge >= 0.3 is 0 Å². The molecule has 0 saturated heterocycles. The minimum absolute atomic E-state index is 0. The van der Waals surface area contributed by atoms with Gasteiger partial charge in [-0.1, -0.05) is 24.3 Å². The molecule has 0 aromatic heterocycles. The third-order valence-corrected chi connectivity index (χ3v) is 3.58. The van der Waals surface area contributed by atoms with Crippen LogP contribution in [0.2, 0.25) is 0 Å². The Morgan fingerprint density at radius 2 is 1.21 bits per heavy atom. The van der Waals surface area contributed by atoms with E-state index < -0.39 is 11.8 Å². The summed E-state index contributed by atoms with van der Waals surface area (Å²) in [5.41, 5.74) is 1.35. The monoisotopic (exact) mass is 510 g/mol. The molecule has 10 heteroatoms. The first-order valence-electron chi connectivity index (χ1n) is 8.90. The first-order valence-corrected chi connectivity index (χ1v) is 8.90. The van der Waals surface area contributed by atoms with Crippen molar-refractivity contribution in [2.75, 3.05) is 14.2 Å². The molecule has 0 aliphatic rings. The van der Waals surface area contributed by atoms with Crippen molar-refractivity contribution in [3.8, 4) is 23.0 Å². The number of methoxy groups -OCH3 is 2. The van der Waals surface area contributed by atoms with E-state index in [0.29, 0.717) is 22.6 Å². The predicted molar refractivity (Wildman–Crippen MR) is 120 cm³/mol. The number of benzene rings is 2. The summed E-state index contributed by atoms with van der Waals surface area (Å²) in [7, 11) is 2.87. The van der Waals surface area contributed by atoms with Crippen LogP contribution in [0.15, 0.2) is 60.4 Å². The summed E-state index contributed by atoms with van der Waals surface area (Å²) < 4.78 is 10.0. The Balaban J connectivity index is 0. The molecule has 0 atom stereocenters. The number of phenolic OH excluding ortho intramolecular Hbond substituents is 2. The van der Waals surface area contributed by atoms with Gasteiger partial charge in [-0.2, -0.15) is 0 Å². The number of aliphatic hydroxyl groups excluding tert-OH is 1. The zero-order valence-electron chi connectivity index (χ0n) is 18.5. The minimum Gasteiger partial charge on any atom is -0.508 e. The molecule has 33 heavy (non-hydrogen) atoms. The Kier molecular flexibility index (Phi) is 15.4. The van der Waals surface area contributed by atoms with Gasteiger partial charge in [-0.15, -0.1) is 0 Å². The molecular formula is C23H26O9Zn. The second-order valence-corrected chi connectivity index (χ2v) is 6.02. The van der Waals surface area contributed by atoms with Gasteiger partial charge in [0.05, 0.1) is 14.2 Å². The molecular weight excluding hydrogens is 486 g/mol. The van der Waals surface area contributed by atoms with Crippen LogP contribution in [0.5, 0.6) is 23.0 Å². The van der Waals surface area contributed by atoms with Gasteiger partial charge in [0.2, 0.25) is 0 Å². The number of carboxylic acids is 1. The molecule has 2 aromatic rings. The molecule has 2 aromatic carbocycles. The van der Waals surface area contributed by atoms with Gasteiger partial charge in [-0.05, 0) is 47.5 Å². The predicted octanol–water partition coefficient (Wildman–Crippen LogP) is 3.12. The minimum atomic E-state index is -0.833. The maximum atomic E-state index is 11.9. The van der Waals surface area contributed by atoms with E-state index in [4.69, 9.17) is 19.4 Å². The summed E-state index contributed by atoms with van der Waals surface area (Å²) in [6.07, 6.45) is 6.85. The van der Waals surface area contributed by atoms with Crippen LogP contribution < -0.4 is 9.47 Å². The molecule has 0 heterocycles. The summed E-state index contributed by atoms with van der Waals surface area (Å²) in [5.74, 6) is -0.832. The second-order valence-electron chi connectivity index (χ2n) is 6.02. The van der Waals surface area contributed by atoms with Crippen molar-refractivity contribution in [3.63, 3.8) is 0 Å². The Bertz CT molecular complexity index is 1010. The van der Waals surface area contributed by atoms with Crippen LogP contribution >= 0.6 is 0 Å². The Morgan fingerprint density at radius 1 is 0.818 bits per heavy atom. The maximum Gasteiger partial charge on any atom is 0.300 e. The molecule has 0 fully saturated rings. The first-order chi connectivity index (χ1) is 14.7. The molecule has 0 radical (unpaired) electrons. The molecule has 0 aliphatic heterocycles. The molecule has 0 aliphatic carbocycles. The number of ether oxygens (including phenoxy) is 2.